The number of hydrogen-bond acceptors (Lipinski definition) is 8. The highest BCUT2D eigenvalue weighted by Crippen LogP contribution is 2.46. The highest BCUT2D eigenvalue weighted by molar-refractivity contribution is 7.17. The number of thiazole rings is 2. The summed E-state index contributed by atoms with van der Waals surface area (Å²) in [7, 11) is 4.97. The van der Waals surface area contributed by atoms with Gasteiger partial charge >= 0.3 is 0 Å². The molecule has 0 spiro atoms. The molecule has 0 saturated carbocycles. The molecule has 1 aliphatic rings. The Labute approximate surface area is 182 Å². The molecule has 1 aliphatic carbocycles. The van der Waals surface area contributed by atoms with E-state index in [1.165, 1.54) is 10.4 Å². The van der Waals surface area contributed by atoms with Crippen molar-refractivity contribution in [1.82, 2.24) is 9.97 Å². The van der Waals surface area contributed by atoms with Crippen molar-refractivity contribution in [1.29, 1.82) is 0 Å². The molecule has 152 valence electrons. The Bertz CT molecular complexity index is 1220. The van der Waals surface area contributed by atoms with Gasteiger partial charge in [-0.15, -0.1) is 22.7 Å². The maximum atomic E-state index is 5.46. The van der Waals surface area contributed by atoms with Crippen molar-refractivity contribution in [3.8, 4) is 39.8 Å². The quantitative estimate of drug-likeness (QED) is 0.373. The molecule has 0 unspecified atom stereocenters. The molecule has 0 atom stereocenters. The third-order valence-corrected chi connectivity index (χ3v) is 6.75. The Morgan fingerprint density at radius 2 is 1.67 bits per heavy atom. The van der Waals surface area contributed by atoms with E-state index in [4.69, 9.17) is 24.2 Å². The van der Waals surface area contributed by atoms with Crippen LogP contribution in [0.4, 0.5) is 10.3 Å². The fourth-order valence-corrected chi connectivity index (χ4v) is 5.29. The largest absolute Gasteiger partial charge is 0.497 e. The van der Waals surface area contributed by atoms with E-state index in [1.54, 1.807) is 44.0 Å². The van der Waals surface area contributed by atoms with Gasteiger partial charge in [0.15, 0.2) is 21.8 Å². The molecule has 0 saturated heterocycles. The van der Waals surface area contributed by atoms with Gasteiger partial charge in [0.25, 0.3) is 0 Å². The number of aromatic nitrogens is 2. The van der Waals surface area contributed by atoms with Gasteiger partial charge < -0.3 is 19.5 Å². The minimum atomic E-state index is 0.718. The molecule has 0 radical (unpaired) electrons. The zero-order valence-corrected chi connectivity index (χ0v) is 18.3. The molecule has 0 bridgehead atoms. The summed E-state index contributed by atoms with van der Waals surface area (Å²) in [5.41, 5.74) is 5.30. The van der Waals surface area contributed by atoms with Gasteiger partial charge in [0.2, 0.25) is 0 Å². The minimum absolute atomic E-state index is 0.718. The van der Waals surface area contributed by atoms with E-state index < -0.39 is 0 Å². The molecule has 2 aromatic carbocycles. The first-order valence-corrected chi connectivity index (χ1v) is 11.0. The van der Waals surface area contributed by atoms with Gasteiger partial charge in [-0.3, -0.25) is 0 Å². The molecule has 2 aromatic heterocycles. The van der Waals surface area contributed by atoms with E-state index in [0.29, 0.717) is 0 Å². The molecule has 0 aliphatic heterocycles. The Morgan fingerprint density at radius 3 is 2.40 bits per heavy atom. The molecule has 0 amide bonds. The molecular weight excluding hydrogens is 418 g/mol. The lowest BCUT2D eigenvalue weighted by molar-refractivity contribution is 0.355. The summed E-state index contributed by atoms with van der Waals surface area (Å²) in [6.07, 6.45) is 0.847. The minimum Gasteiger partial charge on any atom is -0.497 e. The standard InChI is InChI=1S/C22H19N3O3S2/c1-26-14-6-4-12(5-7-14)16-11-29-21(23-16)25-22-24-20-15-10-18(28-3)17(27-2)8-13(15)9-19(20)30-22/h4-8,10-11H,9H2,1-3H3,(H,23,24,25). The molecule has 6 nitrogen and oxygen atoms in total. The monoisotopic (exact) mass is 437 g/mol. The first kappa shape index (κ1) is 18.9. The number of nitrogens with zero attached hydrogens (tertiary/aromatic N) is 2. The summed E-state index contributed by atoms with van der Waals surface area (Å²) in [6, 6.07) is 11.9. The highest BCUT2D eigenvalue weighted by Gasteiger charge is 2.26. The summed E-state index contributed by atoms with van der Waals surface area (Å²) in [6.45, 7) is 0. The van der Waals surface area contributed by atoms with Crippen LogP contribution in [-0.4, -0.2) is 31.3 Å². The third-order valence-electron chi connectivity index (χ3n) is 5.02. The Kier molecular flexibility index (Phi) is 4.80. The molecular formula is C22H19N3O3S2. The average molecular weight is 438 g/mol. The van der Waals surface area contributed by atoms with Crippen molar-refractivity contribution in [2.75, 3.05) is 26.6 Å². The van der Waals surface area contributed by atoms with Crippen LogP contribution >= 0.6 is 22.7 Å². The van der Waals surface area contributed by atoms with Crippen molar-refractivity contribution < 1.29 is 14.2 Å². The normalized spacial score (nSPS) is 11.7. The van der Waals surface area contributed by atoms with Crippen LogP contribution in [0.15, 0.2) is 41.8 Å². The number of ether oxygens (including phenoxy) is 3. The van der Waals surface area contributed by atoms with Gasteiger partial charge in [0.1, 0.15) is 5.75 Å². The van der Waals surface area contributed by atoms with Crippen LogP contribution in [0.1, 0.15) is 10.4 Å². The van der Waals surface area contributed by atoms with Gasteiger partial charge in [0, 0.05) is 27.8 Å². The third kappa shape index (κ3) is 3.28. The topological polar surface area (TPSA) is 65.5 Å². The van der Waals surface area contributed by atoms with Crippen LogP contribution in [0.5, 0.6) is 17.2 Å². The second-order valence-electron chi connectivity index (χ2n) is 6.72. The van der Waals surface area contributed by atoms with Gasteiger partial charge in [-0.05, 0) is 42.0 Å². The van der Waals surface area contributed by atoms with E-state index in [0.717, 1.165) is 56.4 Å². The molecule has 2 heterocycles. The van der Waals surface area contributed by atoms with Gasteiger partial charge in [-0.2, -0.15) is 0 Å². The first-order chi connectivity index (χ1) is 14.7. The predicted octanol–water partition coefficient (Wildman–Crippen LogP) is 5.61. The van der Waals surface area contributed by atoms with Crippen molar-refractivity contribution in [2.45, 2.75) is 6.42 Å². The smallest absolute Gasteiger partial charge is 0.189 e. The Balaban J connectivity index is 1.38. The van der Waals surface area contributed by atoms with E-state index in [9.17, 15) is 0 Å². The van der Waals surface area contributed by atoms with Crippen LogP contribution in [0, 0.1) is 0 Å². The van der Waals surface area contributed by atoms with Crippen LogP contribution < -0.4 is 19.5 Å². The van der Waals surface area contributed by atoms with Crippen molar-refractivity contribution >= 4 is 32.9 Å². The SMILES string of the molecule is COc1ccc(-c2csc(Nc3nc4c(s3)Cc3cc(OC)c(OC)cc3-4)n2)cc1. The summed E-state index contributed by atoms with van der Waals surface area (Å²) < 4.78 is 16.1. The highest BCUT2D eigenvalue weighted by atomic mass is 32.1. The van der Waals surface area contributed by atoms with E-state index in [-0.39, 0.29) is 0 Å². The summed E-state index contributed by atoms with van der Waals surface area (Å²) in [5.74, 6) is 2.30. The Hall–Kier alpha value is -3.10. The summed E-state index contributed by atoms with van der Waals surface area (Å²) >= 11 is 3.22. The zero-order chi connectivity index (χ0) is 20.7. The van der Waals surface area contributed by atoms with Crippen molar-refractivity contribution in [3.05, 3.63) is 52.2 Å². The maximum absolute atomic E-state index is 5.46. The molecule has 4 aromatic rings. The first-order valence-electron chi connectivity index (χ1n) is 9.30. The number of benzene rings is 2. The van der Waals surface area contributed by atoms with Gasteiger partial charge in [-0.1, -0.05) is 0 Å². The second-order valence-corrected chi connectivity index (χ2v) is 8.67. The fourth-order valence-electron chi connectivity index (χ4n) is 3.51. The van der Waals surface area contributed by atoms with E-state index >= 15 is 0 Å². The average Bonchev–Trinajstić information content (AvgIpc) is 3.47. The lowest BCUT2D eigenvalue weighted by Crippen LogP contribution is -1.93. The van der Waals surface area contributed by atoms with Gasteiger partial charge in [-0.25, -0.2) is 9.97 Å². The zero-order valence-electron chi connectivity index (χ0n) is 16.7. The maximum Gasteiger partial charge on any atom is 0.189 e. The number of methoxy groups -OCH3 is 3. The summed E-state index contributed by atoms with van der Waals surface area (Å²) in [5, 5.41) is 7.07. The number of anilines is 2. The molecule has 1 N–H and O–H groups in total. The molecule has 30 heavy (non-hydrogen) atoms. The van der Waals surface area contributed by atoms with Crippen LogP contribution in [-0.2, 0) is 6.42 Å². The van der Waals surface area contributed by atoms with Crippen LogP contribution in [0.3, 0.4) is 0 Å². The predicted molar refractivity (Wildman–Crippen MR) is 121 cm³/mol. The lowest BCUT2D eigenvalue weighted by Gasteiger charge is -2.10. The Morgan fingerprint density at radius 1 is 0.900 bits per heavy atom. The fraction of sp³-hybridized carbons (Fsp3) is 0.182. The van der Waals surface area contributed by atoms with Crippen molar-refractivity contribution in [3.63, 3.8) is 0 Å². The van der Waals surface area contributed by atoms with Gasteiger partial charge in [0.05, 0.1) is 32.7 Å². The van der Waals surface area contributed by atoms with E-state index in [2.05, 4.69) is 5.32 Å². The number of rotatable bonds is 6. The molecule has 8 heteroatoms. The summed E-state index contributed by atoms with van der Waals surface area (Å²) in [4.78, 5) is 10.8. The molecule has 0 fully saturated rings. The number of fused-ring (bicyclic) bond motifs is 3. The lowest BCUT2D eigenvalue weighted by atomic mass is 10.1. The van der Waals surface area contributed by atoms with Crippen molar-refractivity contribution in [2.24, 2.45) is 0 Å². The second kappa shape index (κ2) is 7.62. The number of nitrogens with one attached hydrogen (secondary N) is 1. The molecule has 5 rings (SSSR count). The van der Waals surface area contributed by atoms with Crippen LogP contribution in [0.2, 0.25) is 0 Å². The number of hydrogen-bond donors (Lipinski definition) is 1. The van der Waals surface area contributed by atoms with Crippen LogP contribution in [0.25, 0.3) is 22.5 Å². The van der Waals surface area contributed by atoms with E-state index in [1.807, 2.05) is 41.8 Å².